The first-order chi connectivity index (χ1) is 14.4. The van der Waals surface area contributed by atoms with Crippen LogP contribution in [0.1, 0.15) is 39.3 Å². The van der Waals surface area contributed by atoms with Crippen LogP contribution >= 0.6 is 0 Å². The fraction of sp³-hybridized carbons (Fsp3) is 0.545. The molecule has 8 nitrogen and oxygen atoms in total. The molecule has 0 spiro atoms. The molecular formula is C22H33N3O5. The van der Waals surface area contributed by atoms with Crippen LogP contribution in [0.2, 0.25) is 0 Å². The van der Waals surface area contributed by atoms with Crippen molar-refractivity contribution in [3.8, 4) is 11.5 Å². The van der Waals surface area contributed by atoms with Gasteiger partial charge in [-0.1, -0.05) is 19.9 Å². The second kappa shape index (κ2) is 10.9. The summed E-state index contributed by atoms with van der Waals surface area (Å²) in [4.78, 5) is 29.8. The van der Waals surface area contributed by atoms with Gasteiger partial charge >= 0.3 is 12.0 Å². The summed E-state index contributed by atoms with van der Waals surface area (Å²) in [6.45, 7) is 10.6. The molecular weight excluding hydrogens is 386 g/mol. The highest BCUT2D eigenvalue weighted by Gasteiger charge is 2.38. The highest BCUT2D eigenvalue weighted by Crippen LogP contribution is 2.36. The van der Waals surface area contributed by atoms with Crippen LogP contribution in [0.25, 0.3) is 0 Å². The SMILES string of the molecule is CCOC(=O)C1=C(CN(CC)CC)N(CC)C(=O)NC1c1ccc(OC)c(OC)c1. The van der Waals surface area contributed by atoms with Crippen molar-refractivity contribution in [1.82, 2.24) is 15.1 Å². The molecule has 0 aromatic heterocycles. The lowest BCUT2D eigenvalue weighted by molar-refractivity contribution is -0.139. The molecule has 30 heavy (non-hydrogen) atoms. The van der Waals surface area contributed by atoms with Crippen LogP contribution in [-0.2, 0) is 9.53 Å². The van der Waals surface area contributed by atoms with Gasteiger partial charge in [0.1, 0.15) is 0 Å². The molecule has 2 amide bonds. The predicted octanol–water partition coefficient (Wildman–Crippen LogP) is 2.95. The minimum atomic E-state index is -0.648. The van der Waals surface area contributed by atoms with E-state index >= 15 is 0 Å². The Bertz CT molecular complexity index is 789. The number of amides is 2. The van der Waals surface area contributed by atoms with Crippen molar-refractivity contribution < 1.29 is 23.8 Å². The van der Waals surface area contributed by atoms with Crippen LogP contribution in [-0.4, -0.2) is 68.8 Å². The fourth-order valence-electron chi connectivity index (χ4n) is 3.60. The number of rotatable bonds is 10. The molecule has 1 heterocycles. The molecule has 1 N–H and O–H groups in total. The molecule has 0 radical (unpaired) electrons. The number of likely N-dealkylation sites (N-methyl/N-ethyl adjacent to an activating group) is 2. The number of esters is 1. The van der Waals surface area contributed by atoms with Gasteiger partial charge in [0.15, 0.2) is 11.5 Å². The fourth-order valence-corrected chi connectivity index (χ4v) is 3.60. The van der Waals surface area contributed by atoms with E-state index in [-0.39, 0.29) is 12.6 Å². The van der Waals surface area contributed by atoms with E-state index in [1.165, 1.54) is 0 Å². The molecule has 1 aromatic rings. The molecule has 0 aliphatic carbocycles. The quantitative estimate of drug-likeness (QED) is 0.588. The smallest absolute Gasteiger partial charge is 0.338 e. The third-order valence-corrected chi connectivity index (χ3v) is 5.26. The molecule has 0 fully saturated rings. The summed E-state index contributed by atoms with van der Waals surface area (Å²) in [7, 11) is 3.11. The maximum atomic E-state index is 13.1. The van der Waals surface area contributed by atoms with Crippen molar-refractivity contribution in [2.45, 2.75) is 33.7 Å². The minimum absolute atomic E-state index is 0.243. The third-order valence-electron chi connectivity index (χ3n) is 5.26. The molecule has 166 valence electrons. The van der Waals surface area contributed by atoms with E-state index < -0.39 is 12.0 Å². The summed E-state index contributed by atoms with van der Waals surface area (Å²) in [6, 6.07) is 4.47. The van der Waals surface area contributed by atoms with E-state index in [0.717, 1.165) is 18.7 Å². The number of nitrogens with zero attached hydrogens (tertiary/aromatic N) is 2. The molecule has 8 heteroatoms. The largest absolute Gasteiger partial charge is 0.493 e. The lowest BCUT2D eigenvalue weighted by Crippen LogP contribution is -2.50. The number of nitrogens with one attached hydrogen (secondary N) is 1. The summed E-state index contributed by atoms with van der Waals surface area (Å²) in [5.41, 5.74) is 1.83. The predicted molar refractivity (Wildman–Crippen MR) is 115 cm³/mol. The van der Waals surface area contributed by atoms with E-state index in [4.69, 9.17) is 14.2 Å². The zero-order chi connectivity index (χ0) is 22.3. The van der Waals surface area contributed by atoms with Gasteiger partial charge in [-0.2, -0.15) is 0 Å². The van der Waals surface area contributed by atoms with Crippen molar-refractivity contribution in [3.05, 3.63) is 35.0 Å². The normalized spacial score (nSPS) is 16.6. The van der Waals surface area contributed by atoms with Crippen LogP contribution in [0.15, 0.2) is 29.5 Å². The Labute approximate surface area is 178 Å². The van der Waals surface area contributed by atoms with Gasteiger partial charge in [-0.05, 0) is 44.6 Å². The van der Waals surface area contributed by atoms with Crippen molar-refractivity contribution in [2.24, 2.45) is 0 Å². The molecule has 1 unspecified atom stereocenters. The van der Waals surface area contributed by atoms with Crippen molar-refractivity contribution in [3.63, 3.8) is 0 Å². The zero-order valence-corrected chi connectivity index (χ0v) is 18.8. The Morgan fingerprint density at radius 3 is 2.30 bits per heavy atom. The Morgan fingerprint density at radius 1 is 1.10 bits per heavy atom. The second-order valence-corrected chi connectivity index (χ2v) is 6.78. The highest BCUT2D eigenvalue weighted by atomic mass is 16.5. The second-order valence-electron chi connectivity index (χ2n) is 6.78. The lowest BCUT2D eigenvalue weighted by atomic mass is 9.93. The molecule has 0 saturated heterocycles. The van der Waals surface area contributed by atoms with E-state index in [2.05, 4.69) is 24.1 Å². The Morgan fingerprint density at radius 2 is 1.77 bits per heavy atom. The third kappa shape index (κ3) is 4.87. The highest BCUT2D eigenvalue weighted by molar-refractivity contribution is 5.95. The summed E-state index contributed by atoms with van der Waals surface area (Å²) >= 11 is 0. The molecule has 1 aliphatic heterocycles. The maximum Gasteiger partial charge on any atom is 0.338 e. The summed E-state index contributed by atoms with van der Waals surface area (Å²) in [5.74, 6) is 0.664. The first-order valence-electron chi connectivity index (χ1n) is 10.4. The number of hydrogen-bond acceptors (Lipinski definition) is 6. The number of urea groups is 1. The number of ether oxygens (including phenoxy) is 3. The first-order valence-corrected chi connectivity index (χ1v) is 10.4. The van der Waals surface area contributed by atoms with Gasteiger partial charge in [0, 0.05) is 18.8 Å². The molecule has 0 bridgehead atoms. The zero-order valence-electron chi connectivity index (χ0n) is 18.8. The molecule has 1 aliphatic rings. The number of methoxy groups -OCH3 is 2. The Kier molecular flexibility index (Phi) is 8.53. The van der Waals surface area contributed by atoms with Crippen molar-refractivity contribution in [1.29, 1.82) is 0 Å². The molecule has 2 rings (SSSR count). The van der Waals surface area contributed by atoms with E-state index in [0.29, 0.717) is 35.9 Å². The van der Waals surface area contributed by atoms with Crippen LogP contribution in [0, 0.1) is 0 Å². The van der Waals surface area contributed by atoms with Gasteiger partial charge in [0.05, 0.1) is 32.4 Å². The van der Waals surface area contributed by atoms with E-state index in [9.17, 15) is 9.59 Å². The van der Waals surface area contributed by atoms with Crippen LogP contribution in [0.3, 0.4) is 0 Å². The van der Waals surface area contributed by atoms with E-state index in [1.54, 1.807) is 38.2 Å². The number of benzene rings is 1. The summed E-state index contributed by atoms with van der Waals surface area (Å²) in [5, 5.41) is 2.96. The maximum absolute atomic E-state index is 13.1. The lowest BCUT2D eigenvalue weighted by Gasteiger charge is -2.38. The standard InChI is InChI=1S/C22H33N3O5/c1-7-24(8-2)14-16-19(21(26)30-10-4)20(23-22(27)25(16)9-3)15-11-12-17(28-5)18(13-15)29-6/h11-13,20H,7-10,14H2,1-6H3,(H,23,27). The van der Waals surface area contributed by atoms with Crippen molar-refractivity contribution in [2.75, 3.05) is 47.0 Å². The van der Waals surface area contributed by atoms with Gasteiger partial charge in [0.2, 0.25) is 0 Å². The van der Waals surface area contributed by atoms with Crippen LogP contribution < -0.4 is 14.8 Å². The topological polar surface area (TPSA) is 80.3 Å². The minimum Gasteiger partial charge on any atom is -0.493 e. The number of carbonyl (C=O) groups is 2. The molecule has 1 atom stereocenters. The monoisotopic (exact) mass is 419 g/mol. The summed E-state index contributed by atoms with van der Waals surface area (Å²) < 4.78 is 16.1. The van der Waals surface area contributed by atoms with Gasteiger partial charge in [-0.3, -0.25) is 9.80 Å². The average molecular weight is 420 g/mol. The summed E-state index contributed by atoms with van der Waals surface area (Å²) in [6.07, 6.45) is 0. The molecule has 1 aromatic carbocycles. The van der Waals surface area contributed by atoms with Gasteiger partial charge in [-0.25, -0.2) is 9.59 Å². The Hall–Kier alpha value is -2.74. The first kappa shape index (κ1) is 23.5. The van der Waals surface area contributed by atoms with Crippen LogP contribution in [0.4, 0.5) is 4.79 Å². The number of hydrogen-bond donors (Lipinski definition) is 1. The van der Waals surface area contributed by atoms with Crippen LogP contribution in [0.5, 0.6) is 11.5 Å². The Balaban J connectivity index is 2.67. The van der Waals surface area contributed by atoms with Crippen molar-refractivity contribution >= 4 is 12.0 Å². The van der Waals surface area contributed by atoms with E-state index in [1.807, 2.05) is 13.0 Å². The average Bonchev–Trinajstić information content (AvgIpc) is 2.76. The number of carbonyl (C=O) groups excluding carboxylic acids is 2. The van der Waals surface area contributed by atoms with Gasteiger partial charge in [-0.15, -0.1) is 0 Å². The molecule has 0 saturated carbocycles. The van der Waals surface area contributed by atoms with Gasteiger partial charge in [0.25, 0.3) is 0 Å². The van der Waals surface area contributed by atoms with Gasteiger partial charge < -0.3 is 19.5 Å².